The number of hydrogen-bond donors (Lipinski definition) is 1. The van der Waals surface area contributed by atoms with Crippen molar-refractivity contribution in [1.82, 2.24) is 29.2 Å². The number of fused-ring (bicyclic) bond motifs is 6. The van der Waals surface area contributed by atoms with Gasteiger partial charge in [-0.3, -0.25) is 9.59 Å². The van der Waals surface area contributed by atoms with E-state index in [9.17, 15) is 14.4 Å². The molecule has 0 radical (unpaired) electrons. The number of hydrogen-bond acceptors (Lipinski definition) is 5. The monoisotopic (exact) mass is 774 g/mol. The number of carbonyl (C=O) groups is 3. The maximum absolute atomic E-state index is 13.2. The third-order valence-electron chi connectivity index (χ3n) is 12.3. The molecule has 1 N–H and O–H groups in total. The van der Waals surface area contributed by atoms with E-state index in [4.69, 9.17) is 4.74 Å². The summed E-state index contributed by atoms with van der Waals surface area (Å²) in [5.74, 6) is 1.70. The van der Waals surface area contributed by atoms with Crippen molar-refractivity contribution < 1.29 is 19.1 Å². The molecule has 2 saturated heterocycles. The molecule has 0 aliphatic carbocycles. The largest absolute Gasteiger partial charge is 0.444 e. The van der Waals surface area contributed by atoms with Crippen LogP contribution in [0, 0.1) is 11.8 Å². The molecule has 0 unspecified atom stereocenters. The van der Waals surface area contributed by atoms with Crippen molar-refractivity contribution >= 4 is 39.7 Å². The molecular formula is C47H62N6O4. The summed E-state index contributed by atoms with van der Waals surface area (Å²) < 4.78 is 10.2. The number of nitrogens with one attached hydrogen (secondary N) is 1. The van der Waals surface area contributed by atoms with Crippen LogP contribution in [0.25, 0.3) is 21.8 Å². The first-order valence-electron chi connectivity index (χ1n) is 21.1. The normalized spacial score (nSPS) is 17.8. The summed E-state index contributed by atoms with van der Waals surface area (Å²) in [5.41, 5.74) is 8.40. The van der Waals surface area contributed by atoms with Crippen LogP contribution in [0.4, 0.5) is 4.79 Å². The molecule has 0 bridgehead atoms. The maximum Gasteiger partial charge on any atom is 0.410 e. The van der Waals surface area contributed by atoms with Crippen molar-refractivity contribution in [2.45, 2.75) is 105 Å². The van der Waals surface area contributed by atoms with E-state index in [1.807, 2.05) is 60.9 Å². The van der Waals surface area contributed by atoms with E-state index in [1.165, 1.54) is 27.9 Å². The lowest BCUT2D eigenvalue weighted by molar-refractivity contribution is 0.0223. The maximum atomic E-state index is 13.2. The summed E-state index contributed by atoms with van der Waals surface area (Å²) in [5, 5.41) is 5.74. The van der Waals surface area contributed by atoms with Crippen LogP contribution in [0.5, 0.6) is 0 Å². The number of allylic oxidation sites excluding steroid dienone is 2. The Kier molecular flexibility index (Phi) is 12.0. The number of piperidine rings is 2. The molecule has 10 heteroatoms. The Morgan fingerprint density at radius 1 is 0.719 bits per heavy atom. The van der Waals surface area contributed by atoms with Crippen molar-refractivity contribution in [3.8, 4) is 0 Å². The second-order valence-corrected chi connectivity index (χ2v) is 17.6. The summed E-state index contributed by atoms with van der Waals surface area (Å²) in [6, 6.07) is 12.3. The summed E-state index contributed by atoms with van der Waals surface area (Å²) in [7, 11) is 0. The van der Waals surface area contributed by atoms with Crippen LogP contribution in [0.15, 0.2) is 61.7 Å². The topological polar surface area (TPSA) is 92.0 Å². The molecular weight excluding hydrogens is 713 g/mol. The fourth-order valence-electron chi connectivity index (χ4n) is 9.04. The van der Waals surface area contributed by atoms with E-state index >= 15 is 0 Å². The van der Waals surface area contributed by atoms with Gasteiger partial charge in [0.25, 0.3) is 11.8 Å². The van der Waals surface area contributed by atoms with E-state index in [0.717, 1.165) is 118 Å². The molecule has 2 aromatic heterocycles. The molecule has 57 heavy (non-hydrogen) atoms. The van der Waals surface area contributed by atoms with Gasteiger partial charge < -0.3 is 33.9 Å². The summed E-state index contributed by atoms with van der Waals surface area (Å²) in [4.78, 5) is 44.6. The van der Waals surface area contributed by atoms with Gasteiger partial charge >= 0.3 is 6.09 Å². The zero-order valence-corrected chi connectivity index (χ0v) is 34.9. The van der Waals surface area contributed by atoms with Gasteiger partial charge in [0, 0.05) is 122 Å². The van der Waals surface area contributed by atoms with Crippen molar-refractivity contribution in [3.05, 3.63) is 95.3 Å². The lowest BCUT2D eigenvalue weighted by Crippen LogP contribution is -2.40. The van der Waals surface area contributed by atoms with Gasteiger partial charge in [0.15, 0.2) is 0 Å². The number of carbonyl (C=O) groups excluding carboxylic acids is 3. The summed E-state index contributed by atoms with van der Waals surface area (Å²) in [6.07, 6.45) is 9.70. The fourth-order valence-corrected chi connectivity index (χ4v) is 9.04. The first-order chi connectivity index (χ1) is 27.4. The second kappa shape index (κ2) is 16.9. The van der Waals surface area contributed by atoms with Crippen LogP contribution in [0.1, 0.15) is 104 Å². The Labute approximate surface area is 338 Å². The minimum Gasteiger partial charge on any atom is -0.444 e. The predicted octanol–water partition coefficient (Wildman–Crippen LogP) is 8.34. The van der Waals surface area contributed by atoms with Gasteiger partial charge in [-0.05, 0) is 100 Å². The second-order valence-electron chi connectivity index (χ2n) is 17.6. The Balaban J connectivity index is 0.000000179. The SMILES string of the molecule is C=CCn1c2c(c3cc(C(=O)N4CCC(C)CC4)ccc31)CN(C(=O)OC(C)(C)C)CC2.C=CCn1c2c(c3cc(C(=O)N4CCC(C)CC4)ccc31)CNCC2. The molecule has 8 rings (SSSR count). The first-order valence-corrected chi connectivity index (χ1v) is 21.1. The van der Waals surface area contributed by atoms with Crippen molar-refractivity contribution in [2.75, 3.05) is 39.3 Å². The van der Waals surface area contributed by atoms with Crippen LogP contribution in [0.3, 0.4) is 0 Å². The molecule has 4 aliphatic heterocycles. The Hall–Kier alpha value is -4.83. The fraction of sp³-hybridized carbons (Fsp3) is 0.511. The molecule has 304 valence electrons. The van der Waals surface area contributed by atoms with Crippen molar-refractivity contribution in [2.24, 2.45) is 11.8 Å². The Morgan fingerprint density at radius 2 is 1.21 bits per heavy atom. The predicted molar refractivity (Wildman–Crippen MR) is 229 cm³/mol. The number of amides is 3. The smallest absolute Gasteiger partial charge is 0.410 e. The third-order valence-corrected chi connectivity index (χ3v) is 12.3. The van der Waals surface area contributed by atoms with E-state index in [0.29, 0.717) is 25.6 Å². The Bertz CT molecular complexity index is 2160. The third kappa shape index (κ3) is 8.57. The zero-order valence-electron chi connectivity index (χ0n) is 34.9. The van der Waals surface area contributed by atoms with Gasteiger partial charge in [-0.1, -0.05) is 26.0 Å². The van der Waals surface area contributed by atoms with Crippen LogP contribution in [-0.4, -0.2) is 86.6 Å². The van der Waals surface area contributed by atoms with E-state index < -0.39 is 5.60 Å². The summed E-state index contributed by atoms with van der Waals surface area (Å²) in [6.45, 7) is 25.9. The van der Waals surface area contributed by atoms with Gasteiger partial charge in [0.2, 0.25) is 0 Å². The summed E-state index contributed by atoms with van der Waals surface area (Å²) >= 11 is 0. The van der Waals surface area contributed by atoms with Crippen LogP contribution in [0.2, 0.25) is 0 Å². The Morgan fingerprint density at radius 3 is 1.70 bits per heavy atom. The van der Waals surface area contributed by atoms with Gasteiger partial charge in [0.05, 0.1) is 6.54 Å². The van der Waals surface area contributed by atoms with Crippen molar-refractivity contribution in [3.63, 3.8) is 0 Å². The lowest BCUT2D eigenvalue weighted by Gasteiger charge is -2.31. The molecule has 4 aliphatic rings. The highest BCUT2D eigenvalue weighted by molar-refractivity contribution is 6.00. The van der Waals surface area contributed by atoms with Crippen LogP contribution >= 0.6 is 0 Å². The van der Waals surface area contributed by atoms with Crippen LogP contribution < -0.4 is 5.32 Å². The number of rotatable bonds is 6. The highest BCUT2D eigenvalue weighted by Crippen LogP contribution is 2.34. The minimum atomic E-state index is -0.528. The number of ether oxygens (including phenoxy) is 1. The van der Waals surface area contributed by atoms with Crippen molar-refractivity contribution in [1.29, 1.82) is 0 Å². The molecule has 0 spiro atoms. The number of likely N-dealkylation sites (tertiary alicyclic amines) is 2. The van der Waals surface area contributed by atoms with E-state index in [-0.39, 0.29) is 17.9 Å². The molecule has 2 aromatic carbocycles. The van der Waals surface area contributed by atoms with Crippen LogP contribution in [-0.2, 0) is 43.8 Å². The number of nitrogens with zero attached hydrogens (tertiary/aromatic N) is 5. The molecule has 3 amide bonds. The van der Waals surface area contributed by atoms with Gasteiger partial charge in [-0.2, -0.15) is 0 Å². The van der Waals surface area contributed by atoms with E-state index in [2.05, 4.69) is 59.7 Å². The highest BCUT2D eigenvalue weighted by Gasteiger charge is 2.31. The van der Waals surface area contributed by atoms with Gasteiger partial charge in [-0.15, -0.1) is 13.2 Å². The molecule has 6 heterocycles. The minimum absolute atomic E-state index is 0.101. The van der Waals surface area contributed by atoms with Gasteiger partial charge in [-0.25, -0.2) is 4.79 Å². The average molecular weight is 775 g/mol. The molecule has 0 atom stereocenters. The standard InChI is InChI=1S/C26H35N3O3.C21H27N3O/c1-6-12-29-22-8-7-19(24(30)27-13-9-18(2)10-14-27)16-20(22)21-17-28(15-11-23(21)29)25(31)32-26(3,4)5;1-3-10-24-19-5-4-16(21(25)23-11-7-15(2)8-12-23)13-17(19)18-14-22-9-6-20(18)24/h6-8,16,18H,1,9-15,17H2,2-5H3;3-5,13,15,22H,1,6-12,14H2,2H3. The highest BCUT2D eigenvalue weighted by atomic mass is 16.6. The zero-order chi connectivity index (χ0) is 40.4. The van der Waals surface area contributed by atoms with Gasteiger partial charge in [0.1, 0.15) is 5.60 Å². The average Bonchev–Trinajstić information content (AvgIpc) is 3.68. The molecule has 10 nitrogen and oxygen atoms in total. The number of aromatic nitrogens is 2. The molecule has 4 aromatic rings. The van der Waals surface area contributed by atoms with E-state index in [1.54, 1.807) is 4.90 Å². The number of benzene rings is 2. The first kappa shape index (κ1) is 40.4. The quantitative estimate of drug-likeness (QED) is 0.199. The molecule has 0 saturated carbocycles. The lowest BCUT2D eigenvalue weighted by atomic mass is 9.98. The molecule has 2 fully saturated rings.